The molecule has 0 saturated heterocycles. The van der Waals surface area contributed by atoms with Crippen LogP contribution in [0.25, 0.3) is 0 Å². The standard InChI is InChI=1S/C10H8BrNO/c1-2-10(13)8-5-7(6-12)3-4-9(8)11/h2-5,10,13H,1H2. The van der Waals surface area contributed by atoms with Crippen LogP contribution < -0.4 is 0 Å². The minimum absolute atomic E-state index is 0.527. The van der Waals surface area contributed by atoms with Gasteiger partial charge in [-0.25, -0.2) is 0 Å². The predicted octanol–water partition coefficient (Wildman–Crippen LogP) is 2.54. The molecule has 0 saturated carbocycles. The Labute approximate surface area is 85.3 Å². The Bertz CT molecular complexity index is 368. The van der Waals surface area contributed by atoms with Crippen LogP contribution in [0.1, 0.15) is 17.2 Å². The molecule has 1 rings (SSSR count). The van der Waals surface area contributed by atoms with E-state index in [4.69, 9.17) is 5.26 Å². The smallest absolute Gasteiger partial charge is 0.0991 e. The molecular weight excluding hydrogens is 230 g/mol. The second kappa shape index (κ2) is 4.22. The first-order valence-electron chi connectivity index (χ1n) is 3.69. The Morgan fingerprint density at radius 2 is 2.31 bits per heavy atom. The molecule has 1 atom stereocenters. The van der Waals surface area contributed by atoms with Gasteiger partial charge in [0.15, 0.2) is 0 Å². The van der Waals surface area contributed by atoms with Gasteiger partial charge in [0, 0.05) is 4.47 Å². The fraction of sp³-hybridized carbons (Fsp3) is 0.100. The molecule has 0 amide bonds. The van der Waals surface area contributed by atoms with Crippen molar-refractivity contribution in [2.45, 2.75) is 6.10 Å². The summed E-state index contributed by atoms with van der Waals surface area (Å²) in [5.41, 5.74) is 1.19. The summed E-state index contributed by atoms with van der Waals surface area (Å²) < 4.78 is 0.777. The zero-order chi connectivity index (χ0) is 9.84. The van der Waals surface area contributed by atoms with Crippen LogP contribution >= 0.6 is 15.9 Å². The van der Waals surface area contributed by atoms with Crippen molar-refractivity contribution in [1.29, 1.82) is 5.26 Å². The van der Waals surface area contributed by atoms with E-state index in [-0.39, 0.29) is 0 Å². The van der Waals surface area contributed by atoms with E-state index in [1.807, 2.05) is 6.07 Å². The lowest BCUT2D eigenvalue weighted by molar-refractivity contribution is 0.228. The van der Waals surface area contributed by atoms with E-state index >= 15 is 0 Å². The summed E-state index contributed by atoms with van der Waals surface area (Å²) in [6, 6.07) is 7.06. The lowest BCUT2D eigenvalue weighted by atomic mass is 10.1. The van der Waals surface area contributed by atoms with Gasteiger partial charge in [-0.3, -0.25) is 0 Å². The molecule has 0 aromatic heterocycles. The Morgan fingerprint density at radius 1 is 1.62 bits per heavy atom. The van der Waals surface area contributed by atoms with E-state index in [0.717, 1.165) is 4.47 Å². The third-order valence-electron chi connectivity index (χ3n) is 1.67. The van der Waals surface area contributed by atoms with Gasteiger partial charge in [0.05, 0.1) is 17.7 Å². The Hall–Kier alpha value is -1.11. The molecule has 2 nitrogen and oxygen atoms in total. The number of benzene rings is 1. The minimum Gasteiger partial charge on any atom is -0.384 e. The van der Waals surface area contributed by atoms with Crippen molar-refractivity contribution in [2.24, 2.45) is 0 Å². The van der Waals surface area contributed by atoms with Gasteiger partial charge < -0.3 is 5.11 Å². The highest BCUT2D eigenvalue weighted by Gasteiger charge is 2.07. The molecule has 1 aromatic rings. The van der Waals surface area contributed by atoms with E-state index in [9.17, 15) is 5.11 Å². The first-order valence-corrected chi connectivity index (χ1v) is 4.48. The molecule has 0 aliphatic rings. The maximum atomic E-state index is 9.47. The monoisotopic (exact) mass is 237 g/mol. The number of rotatable bonds is 2. The van der Waals surface area contributed by atoms with E-state index < -0.39 is 6.10 Å². The molecule has 0 bridgehead atoms. The highest BCUT2D eigenvalue weighted by Crippen LogP contribution is 2.24. The van der Waals surface area contributed by atoms with Gasteiger partial charge in [0.1, 0.15) is 0 Å². The first-order chi connectivity index (χ1) is 6.19. The molecule has 0 spiro atoms. The molecule has 0 aliphatic carbocycles. The van der Waals surface area contributed by atoms with Crippen LogP contribution in [0.3, 0.4) is 0 Å². The zero-order valence-corrected chi connectivity index (χ0v) is 8.45. The van der Waals surface area contributed by atoms with Crippen molar-refractivity contribution in [3.63, 3.8) is 0 Å². The van der Waals surface area contributed by atoms with Crippen LogP contribution in [0.4, 0.5) is 0 Å². The number of nitriles is 1. The Balaban J connectivity index is 3.20. The molecule has 0 aliphatic heterocycles. The zero-order valence-electron chi connectivity index (χ0n) is 6.87. The van der Waals surface area contributed by atoms with E-state index in [0.29, 0.717) is 11.1 Å². The molecule has 0 radical (unpaired) electrons. The number of aliphatic hydroxyl groups excluding tert-OH is 1. The molecule has 13 heavy (non-hydrogen) atoms. The molecule has 3 heteroatoms. The highest BCUT2D eigenvalue weighted by molar-refractivity contribution is 9.10. The van der Waals surface area contributed by atoms with Gasteiger partial charge in [-0.15, -0.1) is 6.58 Å². The van der Waals surface area contributed by atoms with Crippen molar-refractivity contribution in [2.75, 3.05) is 0 Å². The molecule has 66 valence electrons. The Morgan fingerprint density at radius 3 is 2.85 bits per heavy atom. The van der Waals surface area contributed by atoms with Crippen LogP contribution in [0, 0.1) is 11.3 Å². The van der Waals surface area contributed by atoms with Gasteiger partial charge in [-0.05, 0) is 23.8 Å². The van der Waals surface area contributed by atoms with Gasteiger partial charge in [0.25, 0.3) is 0 Å². The summed E-state index contributed by atoms with van der Waals surface area (Å²) in [6.07, 6.45) is 0.684. The van der Waals surface area contributed by atoms with E-state index in [2.05, 4.69) is 22.5 Å². The minimum atomic E-state index is -0.734. The lowest BCUT2D eigenvalue weighted by Gasteiger charge is -2.07. The fourth-order valence-corrected chi connectivity index (χ4v) is 1.45. The SMILES string of the molecule is C=CC(O)c1cc(C#N)ccc1Br. The summed E-state index contributed by atoms with van der Waals surface area (Å²) in [6.45, 7) is 3.48. The maximum absolute atomic E-state index is 9.47. The number of hydrogen-bond donors (Lipinski definition) is 1. The van der Waals surface area contributed by atoms with Crippen molar-refractivity contribution in [1.82, 2.24) is 0 Å². The van der Waals surface area contributed by atoms with Crippen LogP contribution in [-0.2, 0) is 0 Å². The second-order valence-electron chi connectivity index (χ2n) is 2.53. The molecule has 0 heterocycles. The van der Waals surface area contributed by atoms with Gasteiger partial charge in [0.2, 0.25) is 0 Å². The Kier molecular flexibility index (Phi) is 3.24. The summed E-state index contributed by atoms with van der Waals surface area (Å²) in [5.74, 6) is 0. The molecular formula is C10H8BrNO. The molecule has 1 unspecified atom stereocenters. The van der Waals surface area contributed by atoms with Crippen molar-refractivity contribution >= 4 is 15.9 Å². The third-order valence-corrected chi connectivity index (χ3v) is 2.39. The summed E-state index contributed by atoms with van der Waals surface area (Å²) >= 11 is 3.28. The van der Waals surface area contributed by atoms with Crippen LogP contribution in [0.5, 0.6) is 0 Å². The normalized spacial score (nSPS) is 11.8. The van der Waals surface area contributed by atoms with Crippen molar-refractivity contribution in [3.05, 3.63) is 46.5 Å². The largest absolute Gasteiger partial charge is 0.384 e. The average Bonchev–Trinajstić information content (AvgIpc) is 2.17. The van der Waals surface area contributed by atoms with Gasteiger partial charge in [-0.2, -0.15) is 5.26 Å². The topological polar surface area (TPSA) is 44.0 Å². The number of aliphatic hydroxyl groups is 1. The van der Waals surface area contributed by atoms with Crippen LogP contribution in [0.15, 0.2) is 35.3 Å². The summed E-state index contributed by atoms with van der Waals surface area (Å²) in [5, 5.41) is 18.1. The number of halogens is 1. The quantitative estimate of drug-likeness (QED) is 0.804. The van der Waals surface area contributed by atoms with Crippen LogP contribution in [0.2, 0.25) is 0 Å². The number of nitrogens with zero attached hydrogens (tertiary/aromatic N) is 1. The first kappa shape index (κ1) is 9.97. The second-order valence-corrected chi connectivity index (χ2v) is 3.38. The average molecular weight is 238 g/mol. The van der Waals surface area contributed by atoms with E-state index in [1.165, 1.54) is 6.08 Å². The molecule has 1 N–H and O–H groups in total. The maximum Gasteiger partial charge on any atom is 0.0991 e. The van der Waals surface area contributed by atoms with Gasteiger partial charge in [-0.1, -0.05) is 22.0 Å². The molecule has 1 aromatic carbocycles. The van der Waals surface area contributed by atoms with Crippen molar-refractivity contribution in [3.8, 4) is 6.07 Å². The van der Waals surface area contributed by atoms with Crippen molar-refractivity contribution < 1.29 is 5.11 Å². The highest BCUT2D eigenvalue weighted by atomic mass is 79.9. The van der Waals surface area contributed by atoms with Crippen LogP contribution in [-0.4, -0.2) is 5.11 Å². The number of hydrogen-bond acceptors (Lipinski definition) is 2. The molecule has 0 fully saturated rings. The van der Waals surface area contributed by atoms with Gasteiger partial charge >= 0.3 is 0 Å². The third kappa shape index (κ3) is 2.18. The summed E-state index contributed by atoms with van der Waals surface area (Å²) in [4.78, 5) is 0. The fourth-order valence-electron chi connectivity index (χ4n) is 0.967. The van der Waals surface area contributed by atoms with E-state index in [1.54, 1.807) is 18.2 Å². The lowest BCUT2D eigenvalue weighted by Crippen LogP contribution is -1.94. The summed E-state index contributed by atoms with van der Waals surface area (Å²) in [7, 11) is 0. The predicted molar refractivity (Wildman–Crippen MR) is 54.0 cm³/mol.